The van der Waals surface area contributed by atoms with E-state index in [1.54, 1.807) is 31.2 Å². The van der Waals surface area contributed by atoms with Gasteiger partial charge in [-0.15, -0.1) is 0 Å². The first kappa shape index (κ1) is 28.3. The fourth-order valence-electron chi connectivity index (χ4n) is 9.46. The van der Waals surface area contributed by atoms with Crippen LogP contribution in [0.25, 0.3) is 0 Å². The van der Waals surface area contributed by atoms with Crippen molar-refractivity contribution in [2.75, 3.05) is 5.32 Å². The van der Waals surface area contributed by atoms with E-state index < -0.39 is 34.3 Å². The van der Waals surface area contributed by atoms with Gasteiger partial charge in [-0.3, -0.25) is 19.7 Å². The Bertz CT molecular complexity index is 1480. The number of benzene rings is 2. The van der Waals surface area contributed by atoms with E-state index in [-0.39, 0.29) is 33.6 Å². The second kappa shape index (κ2) is 9.76. The first-order chi connectivity index (χ1) is 20.1. The summed E-state index contributed by atoms with van der Waals surface area (Å²) in [5, 5.41) is 10.7. The maximum atomic E-state index is 16.1. The van der Waals surface area contributed by atoms with Gasteiger partial charge < -0.3 is 10.6 Å². The van der Waals surface area contributed by atoms with E-state index in [9.17, 15) is 14.4 Å². The summed E-state index contributed by atoms with van der Waals surface area (Å²) in [6.45, 7) is 1.68. The van der Waals surface area contributed by atoms with Crippen molar-refractivity contribution in [1.82, 2.24) is 10.6 Å². The minimum Gasteiger partial charge on any atom is -0.349 e. The monoisotopic (exact) mass is 611 g/mol. The molecule has 222 valence electrons. The number of anilines is 1. The lowest BCUT2D eigenvalue weighted by Crippen LogP contribution is -2.62. The predicted molar refractivity (Wildman–Crippen MR) is 160 cm³/mol. The molecule has 3 atom stereocenters. The molecule has 2 bridgehead atoms. The third-order valence-corrected chi connectivity index (χ3v) is 12.2. The van der Waals surface area contributed by atoms with E-state index in [2.05, 4.69) is 16.0 Å². The Labute approximate surface area is 255 Å². The van der Waals surface area contributed by atoms with Crippen molar-refractivity contribution >= 4 is 46.5 Å². The summed E-state index contributed by atoms with van der Waals surface area (Å²) in [6.07, 6.45) is 8.66. The smallest absolute Gasteiger partial charge is 0.238 e. The molecule has 6 nitrogen and oxygen atoms in total. The zero-order valence-electron chi connectivity index (χ0n) is 23.8. The maximum Gasteiger partial charge on any atom is 0.238 e. The number of Topliss-reactive ketones (excluding diaryl/α,β-unsaturated/α-hetero) is 1. The average molecular weight is 613 g/mol. The van der Waals surface area contributed by atoms with Crippen LogP contribution in [0.15, 0.2) is 36.4 Å². The van der Waals surface area contributed by atoms with Crippen molar-refractivity contribution in [2.24, 2.45) is 5.41 Å². The summed E-state index contributed by atoms with van der Waals surface area (Å²) < 4.78 is 16.1. The molecule has 0 aromatic heterocycles. The third kappa shape index (κ3) is 3.82. The van der Waals surface area contributed by atoms with Crippen molar-refractivity contribution < 1.29 is 18.8 Å². The Morgan fingerprint density at radius 2 is 1.64 bits per heavy atom. The summed E-state index contributed by atoms with van der Waals surface area (Å²) >= 11 is 12.7. The Balaban J connectivity index is 1.37. The maximum absolute atomic E-state index is 16.1. The molecule has 6 aliphatic rings. The van der Waals surface area contributed by atoms with E-state index in [1.807, 2.05) is 6.07 Å². The average Bonchev–Trinajstić information content (AvgIpc) is 3.43. The lowest BCUT2D eigenvalue weighted by molar-refractivity contribution is -0.136. The van der Waals surface area contributed by atoms with Crippen LogP contribution in [0.1, 0.15) is 94.6 Å². The highest BCUT2D eigenvalue weighted by atomic mass is 35.5. The van der Waals surface area contributed by atoms with E-state index in [4.69, 9.17) is 23.2 Å². The van der Waals surface area contributed by atoms with Gasteiger partial charge in [0.1, 0.15) is 17.0 Å². The van der Waals surface area contributed by atoms with Gasteiger partial charge >= 0.3 is 0 Å². The number of fused-ring (bicyclic) bond motifs is 6. The lowest BCUT2D eigenvalue weighted by Gasteiger charge is -2.53. The molecule has 1 saturated heterocycles. The summed E-state index contributed by atoms with van der Waals surface area (Å²) in [4.78, 5) is 41.5. The van der Waals surface area contributed by atoms with E-state index in [0.717, 1.165) is 63.4 Å². The standard InChI is InChI=1S/C33H36Cl2FN3O3/c1-19(40)30-12-15-31(16-13-30,17-14-30)39-28(41)27-25(21-6-5-7-23(35)26(21)36)33(32(38-27)10-3-2-4-11-32)22-9-8-20(34)18-24(22)37-29(33)42/h5-9,18,25,27,38H,2-4,10-17H2,1H3,(H,37,42)(H,39,41)/t25-,27+,30?,31?,33+/m0/s1. The Kier molecular flexibility index (Phi) is 6.58. The Morgan fingerprint density at radius 3 is 2.31 bits per heavy atom. The van der Waals surface area contributed by atoms with Crippen molar-refractivity contribution in [3.05, 3.63) is 63.4 Å². The van der Waals surface area contributed by atoms with Gasteiger partial charge in [-0.05, 0) is 87.6 Å². The zero-order valence-corrected chi connectivity index (χ0v) is 25.3. The third-order valence-electron chi connectivity index (χ3n) is 11.7. The molecule has 42 heavy (non-hydrogen) atoms. The van der Waals surface area contributed by atoms with Gasteiger partial charge in [0.25, 0.3) is 0 Å². The largest absolute Gasteiger partial charge is 0.349 e. The second-order valence-electron chi connectivity index (χ2n) is 13.4. The van der Waals surface area contributed by atoms with Gasteiger partial charge in [0.15, 0.2) is 0 Å². The van der Waals surface area contributed by atoms with Crippen LogP contribution in [-0.2, 0) is 19.8 Å². The summed E-state index contributed by atoms with van der Waals surface area (Å²) in [7, 11) is 0. The molecule has 2 aliphatic heterocycles. The second-order valence-corrected chi connectivity index (χ2v) is 14.3. The van der Waals surface area contributed by atoms with Crippen LogP contribution in [0.2, 0.25) is 10.0 Å². The zero-order chi connectivity index (χ0) is 29.5. The fraction of sp³-hybridized carbons (Fsp3) is 0.545. The molecule has 5 fully saturated rings. The number of nitrogens with one attached hydrogen (secondary N) is 3. The number of amides is 2. The van der Waals surface area contributed by atoms with Crippen LogP contribution >= 0.6 is 23.2 Å². The van der Waals surface area contributed by atoms with Crippen molar-refractivity contribution in [1.29, 1.82) is 0 Å². The Morgan fingerprint density at radius 1 is 0.952 bits per heavy atom. The summed E-state index contributed by atoms with van der Waals surface area (Å²) in [6, 6.07) is 9.34. The molecule has 0 radical (unpaired) electrons. The van der Waals surface area contributed by atoms with Gasteiger partial charge in [0.2, 0.25) is 11.8 Å². The highest BCUT2D eigenvalue weighted by molar-refractivity contribution is 6.31. The number of halogens is 3. The quantitative estimate of drug-likeness (QED) is 0.364. The highest BCUT2D eigenvalue weighted by Gasteiger charge is 2.72. The molecular formula is C33H36Cl2FN3O3. The minimum atomic E-state index is -1.25. The molecule has 0 unspecified atom stereocenters. The van der Waals surface area contributed by atoms with Gasteiger partial charge in [-0.2, -0.15) is 0 Å². The van der Waals surface area contributed by atoms with E-state index >= 15 is 4.39 Å². The van der Waals surface area contributed by atoms with E-state index in [0.29, 0.717) is 23.6 Å². The minimum absolute atomic E-state index is 0.0418. The molecule has 2 spiro atoms. The van der Waals surface area contributed by atoms with E-state index in [1.165, 1.54) is 6.07 Å². The normalized spacial score (nSPS) is 34.4. The van der Waals surface area contributed by atoms with Crippen LogP contribution in [0, 0.1) is 11.2 Å². The fourth-order valence-corrected chi connectivity index (χ4v) is 9.81. The molecule has 2 amide bonds. The van der Waals surface area contributed by atoms with Crippen LogP contribution in [0.4, 0.5) is 10.1 Å². The van der Waals surface area contributed by atoms with Gasteiger partial charge in [-0.1, -0.05) is 60.7 Å². The molecule has 4 aliphatic carbocycles. The van der Waals surface area contributed by atoms with Crippen molar-refractivity contribution in [3.63, 3.8) is 0 Å². The first-order valence-corrected chi connectivity index (χ1v) is 16.0. The topological polar surface area (TPSA) is 87.3 Å². The first-order valence-electron chi connectivity index (χ1n) is 15.2. The van der Waals surface area contributed by atoms with Gasteiger partial charge in [0, 0.05) is 33.1 Å². The number of carbonyl (C=O) groups excluding carboxylic acids is 3. The summed E-state index contributed by atoms with van der Waals surface area (Å²) in [5.74, 6) is -1.69. The van der Waals surface area contributed by atoms with Gasteiger partial charge in [0.05, 0.1) is 11.1 Å². The highest BCUT2D eigenvalue weighted by Crippen LogP contribution is 2.63. The molecule has 8 rings (SSSR count). The number of rotatable bonds is 4. The SMILES string of the molecule is CC(=O)C12CCC(NC(=O)[C@@H]3NC4(CCCCC4)[C@@]4(C(=O)Nc5cc(Cl)ccc54)[C@H]3c3cccc(Cl)c3F)(CC1)CC2. The molecule has 2 aromatic rings. The molecule has 2 aromatic carbocycles. The molecule has 9 heteroatoms. The van der Waals surface area contributed by atoms with Crippen LogP contribution in [0.5, 0.6) is 0 Å². The van der Waals surface area contributed by atoms with Crippen molar-refractivity contribution in [3.8, 4) is 0 Å². The molecule has 3 N–H and O–H groups in total. The Hall–Kier alpha value is -2.48. The number of hydrogen-bond donors (Lipinski definition) is 3. The van der Waals surface area contributed by atoms with Crippen molar-refractivity contribution in [2.45, 2.75) is 106 Å². The van der Waals surface area contributed by atoms with Crippen LogP contribution in [-0.4, -0.2) is 34.7 Å². The molecule has 2 heterocycles. The number of hydrogen-bond acceptors (Lipinski definition) is 4. The number of ketones is 1. The predicted octanol–water partition coefficient (Wildman–Crippen LogP) is 6.58. The summed E-state index contributed by atoms with van der Waals surface area (Å²) in [5.41, 5.74) is -1.09. The van der Waals surface area contributed by atoms with Crippen LogP contribution < -0.4 is 16.0 Å². The number of carbonyl (C=O) groups is 3. The molecule has 4 saturated carbocycles. The lowest BCUT2D eigenvalue weighted by atomic mass is 9.55. The van der Waals surface area contributed by atoms with Gasteiger partial charge in [-0.25, -0.2) is 4.39 Å². The molecular weight excluding hydrogens is 576 g/mol. The van der Waals surface area contributed by atoms with Crippen LogP contribution in [0.3, 0.4) is 0 Å².